The summed E-state index contributed by atoms with van der Waals surface area (Å²) in [5.41, 5.74) is 1.89. The molecule has 1 saturated heterocycles. The van der Waals surface area contributed by atoms with Gasteiger partial charge in [0.25, 0.3) is 0 Å². The lowest BCUT2D eigenvalue weighted by molar-refractivity contribution is -0.308. The first-order valence-electron chi connectivity index (χ1n) is 14.0. The zero-order valence-corrected chi connectivity index (χ0v) is 22.4. The van der Waals surface area contributed by atoms with E-state index in [0.29, 0.717) is 37.7 Å². The minimum absolute atomic E-state index is 0.0278. The topological polar surface area (TPSA) is 86.3 Å². The Labute approximate surface area is 224 Å². The van der Waals surface area contributed by atoms with Crippen LogP contribution in [0, 0.1) is 22.7 Å². The highest BCUT2D eigenvalue weighted by Gasteiger charge is 2.61. The van der Waals surface area contributed by atoms with Crippen LogP contribution in [-0.4, -0.2) is 42.9 Å². The van der Waals surface area contributed by atoms with E-state index in [2.05, 4.69) is 31.3 Å². The Balaban J connectivity index is 1.11. The molecule has 7 heteroatoms. The van der Waals surface area contributed by atoms with Gasteiger partial charge < -0.3 is 29.4 Å². The average Bonchev–Trinajstić information content (AvgIpc) is 3.38. The molecule has 38 heavy (non-hydrogen) atoms. The number of carbonyl (C=O) groups excluding carboxylic acids is 1. The van der Waals surface area contributed by atoms with Crippen LogP contribution in [0.25, 0.3) is 0 Å². The third-order valence-corrected chi connectivity index (χ3v) is 9.81. The number of rotatable bonds is 6. The number of carbonyl (C=O) groups is 1. The second kappa shape index (κ2) is 10.2. The predicted molar refractivity (Wildman–Crippen MR) is 141 cm³/mol. The van der Waals surface area contributed by atoms with E-state index in [-0.39, 0.29) is 41.8 Å². The van der Waals surface area contributed by atoms with Crippen LogP contribution in [0.1, 0.15) is 57.1 Å². The van der Waals surface area contributed by atoms with Crippen molar-refractivity contribution < 1.29 is 28.8 Å². The Morgan fingerprint density at radius 1 is 1.00 bits per heavy atom. The van der Waals surface area contributed by atoms with Gasteiger partial charge in [-0.3, -0.25) is 4.79 Å². The Morgan fingerprint density at radius 3 is 2.66 bits per heavy atom. The summed E-state index contributed by atoms with van der Waals surface area (Å²) in [7, 11) is 0. The van der Waals surface area contributed by atoms with Crippen molar-refractivity contribution in [1.29, 1.82) is 0 Å². The zero-order valence-electron chi connectivity index (χ0n) is 22.4. The first-order chi connectivity index (χ1) is 18.3. The quantitative estimate of drug-likeness (QED) is 0.578. The van der Waals surface area contributed by atoms with E-state index in [9.17, 15) is 9.90 Å². The van der Waals surface area contributed by atoms with Gasteiger partial charge in [0.2, 0.25) is 12.7 Å². The molecule has 0 aromatic heterocycles. The van der Waals surface area contributed by atoms with Gasteiger partial charge in [-0.25, -0.2) is 0 Å². The average molecular weight is 522 g/mol. The van der Waals surface area contributed by atoms with Gasteiger partial charge in [0.05, 0.1) is 18.8 Å². The molecule has 6 rings (SSSR count). The van der Waals surface area contributed by atoms with Gasteiger partial charge in [-0.2, -0.15) is 0 Å². The lowest BCUT2D eigenvalue weighted by atomic mass is 9.46. The van der Waals surface area contributed by atoms with Crippen LogP contribution >= 0.6 is 0 Å². The molecule has 204 valence electrons. The summed E-state index contributed by atoms with van der Waals surface area (Å²) in [6.07, 6.45) is 3.96. The fourth-order valence-corrected chi connectivity index (χ4v) is 7.72. The van der Waals surface area contributed by atoms with Gasteiger partial charge in [-0.1, -0.05) is 50.2 Å². The lowest BCUT2D eigenvalue weighted by Crippen LogP contribution is -2.63. The minimum Gasteiger partial charge on any atom is -0.454 e. The fourth-order valence-electron chi connectivity index (χ4n) is 7.72. The van der Waals surface area contributed by atoms with Crippen LogP contribution in [0.3, 0.4) is 0 Å². The second-order valence-electron chi connectivity index (χ2n) is 12.1. The van der Waals surface area contributed by atoms with Crippen molar-refractivity contribution >= 4 is 5.91 Å². The highest BCUT2D eigenvalue weighted by Crippen LogP contribution is 2.62. The first-order valence-corrected chi connectivity index (χ1v) is 14.0. The standard InChI is InChI=1S/C31H39NO6/c1-30-13-12-27-31(2,18-35-29(38-27)15-20-6-4-3-5-7-20)26(30)11-9-23(33)22(30)16-28(34)32-17-21-8-10-24-25(14-21)37-19-36-24/h3-8,10,14,22-23,26-27,29,33H,9,11-13,15-19H2,1-2H3,(H,32,34). The van der Waals surface area contributed by atoms with Gasteiger partial charge in [-0.15, -0.1) is 0 Å². The van der Waals surface area contributed by atoms with Crippen LogP contribution in [0.2, 0.25) is 0 Å². The molecule has 0 spiro atoms. The first kappa shape index (κ1) is 25.7. The molecule has 4 aliphatic rings. The molecule has 2 saturated carbocycles. The summed E-state index contributed by atoms with van der Waals surface area (Å²) in [5.74, 6) is 1.64. The maximum atomic E-state index is 13.1. The van der Waals surface area contributed by atoms with Crippen LogP contribution in [0.15, 0.2) is 48.5 Å². The van der Waals surface area contributed by atoms with Crippen LogP contribution < -0.4 is 14.8 Å². The monoisotopic (exact) mass is 521 g/mol. The van der Waals surface area contributed by atoms with Gasteiger partial charge >= 0.3 is 0 Å². The maximum absolute atomic E-state index is 13.1. The molecule has 3 fully saturated rings. The SMILES string of the molecule is CC12COC(Cc3ccccc3)OC1CCC1(C)C(CC(=O)NCc3ccc4c(c3)OCO4)C(O)CCC21. The summed E-state index contributed by atoms with van der Waals surface area (Å²) < 4.78 is 23.7. The summed E-state index contributed by atoms with van der Waals surface area (Å²) in [6.45, 7) is 5.88. The maximum Gasteiger partial charge on any atom is 0.231 e. The Bertz CT molecular complexity index is 1160. The van der Waals surface area contributed by atoms with Crippen molar-refractivity contribution in [2.45, 2.75) is 77.4 Å². The molecule has 2 aliphatic heterocycles. The number of hydrogen-bond donors (Lipinski definition) is 2. The van der Waals surface area contributed by atoms with Crippen molar-refractivity contribution in [2.24, 2.45) is 22.7 Å². The second-order valence-corrected chi connectivity index (χ2v) is 12.1. The van der Waals surface area contributed by atoms with E-state index in [1.807, 2.05) is 36.4 Å². The smallest absolute Gasteiger partial charge is 0.231 e. The molecule has 2 aliphatic carbocycles. The highest BCUT2D eigenvalue weighted by atomic mass is 16.7. The van der Waals surface area contributed by atoms with Crippen molar-refractivity contribution in [3.8, 4) is 11.5 Å². The molecule has 1 amide bonds. The molecule has 0 radical (unpaired) electrons. The van der Waals surface area contributed by atoms with E-state index < -0.39 is 6.10 Å². The summed E-state index contributed by atoms with van der Waals surface area (Å²) in [6, 6.07) is 16.1. The summed E-state index contributed by atoms with van der Waals surface area (Å²) in [4.78, 5) is 13.1. The molecule has 2 aromatic carbocycles. The molecule has 0 bridgehead atoms. The third-order valence-electron chi connectivity index (χ3n) is 9.81. The number of hydrogen-bond acceptors (Lipinski definition) is 6. The number of aliphatic hydroxyl groups is 1. The van der Waals surface area contributed by atoms with E-state index in [1.165, 1.54) is 5.56 Å². The van der Waals surface area contributed by atoms with E-state index in [1.54, 1.807) is 0 Å². The molecule has 2 heterocycles. The number of ether oxygens (including phenoxy) is 4. The van der Waals surface area contributed by atoms with E-state index in [4.69, 9.17) is 18.9 Å². The van der Waals surface area contributed by atoms with E-state index in [0.717, 1.165) is 37.0 Å². The van der Waals surface area contributed by atoms with Crippen molar-refractivity contribution in [3.05, 3.63) is 59.7 Å². The molecule has 7 unspecified atom stereocenters. The Hall–Kier alpha value is -2.61. The lowest BCUT2D eigenvalue weighted by Gasteiger charge is -2.63. The number of nitrogens with one attached hydrogen (secondary N) is 1. The highest BCUT2D eigenvalue weighted by molar-refractivity contribution is 5.76. The number of aliphatic hydroxyl groups excluding tert-OH is 1. The molecular weight excluding hydrogens is 482 g/mol. The Morgan fingerprint density at radius 2 is 1.82 bits per heavy atom. The number of benzene rings is 2. The van der Waals surface area contributed by atoms with E-state index >= 15 is 0 Å². The summed E-state index contributed by atoms with van der Waals surface area (Å²) in [5, 5.41) is 14.2. The zero-order chi connectivity index (χ0) is 26.3. The van der Waals surface area contributed by atoms with Gasteiger partial charge in [-0.05, 0) is 66.2 Å². The fraction of sp³-hybridized carbons (Fsp3) is 0.581. The van der Waals surface area contributed by atoms with Crippen molar-refractivity contribution in [3.63, 3.8) is 0 Å². The largest absolute Gasteiger partial charge is 0.454 e. The van der Waals surface area contributed by atoms with Crippen molar-refractivity contribution in [1.82, 2.24) is 5.32 Å². The van der Waals surface area contributed by atoms with Crippen molar-refractivity contribution in [2.75, 3.05) is 13.4 Å². The van der Waals surface area contributed by atoms with Gasteiger partial charge in [0.1, 0.15) is 0 Å². The summed E-state index contributed by atoms with van der Waals surface area (Å²) >= 11 is 0. The van der Waals surface area contributed by atoms with Crippen LogP contribution in [0.5, 0.6) is 11.5 Å². The van der Waals surface area contributed by atoms with Crippen LogP contribution in [-0.2, 0) is 27.2 Å². The molecule has 7 nitrogen and oxygen atoms in total. The number of amides is 1. The predicted octanol–water partition coefficient (Wildman–Crippen LogP) is 4.60. The third kappa shape index (κ3) is 4.69. The molecule has 7 atom stereocenters. The van der Waals surface area contributed by atoms with Crippen LogP contribution in [0.4, 0.5) is 0 Å². The number of fused-ring (bicyclic) bond motifs is 4. The normalized spacial score (nSPS) is 35.7. The molecule has 2 N–H and O–H groups in total. The van der Waals surface area contributed by atoms with Gasteiger partial charge in [0, 0.05) is 24.8 Å². The van der Waals surface area contributed by atoms with Gasteiger partial charge in [0.15, 0.2) is 17.8 Å². The molecule has 2 aromatic rings. The minimum atomic E-state index is -0.482. The molecular formula is C31H39NO6. The Kier molecular flexibility index (Phi) is 6.87.